The topological polar surface area (TPSA) is 11.4 Å². The highest BCUT2D eigenvalue weighted by Crippen LogP contribution is 2.62. The largest absolute Gasteiger partial charge is 0.309 e. The first-order valence-electron chi connectivity index (χ1n) is 16.7. The van der Waals surface area contributed by atoms with Gasteiger partial charge in [0.1, 0.15) is 0 Å². The van der Waals surface area contributed by atoms with Crippen LogP contribution in [0.25, 0.3) is 38.6 Å². The number of hydrogen-bond acceptors (Lipinski definition) is 2. The second-order valence-corrected chi connectivity index (χ2v) is 13.4. The van der Waals surface area contributed by atoms with Crippen LogP contribution in [0.15, 0.2) is 164 Å². The monoisotopic (exact) mass is 615 g/mol. The molecule has 0 atom stereocenters. The lowest BCUT2D eigenvalue weighted by molar-refractivity contribution is 0.660. The third kappa shape index (κ3) is 3.64. The van der Waals surface area contributed by atoms with E-state index in [1.165, 1.54) is 55.4 Å². The number of nitrogens with zero attached hydrogens (tertiary/aromatic N) is 3. The van der Waals surface area contributed by atoms with Gasteiger partial charge >= 0.3 is 0 Å². The Kier molecular flexibility index (Phi) is 5.63. The van der Waals surface area contributed by atoms with Gasteiger partial charge in [-0.05, 0) is 77.4 Å². The molecular weight excluding hydrogens is 583 g/mol. The maximum Gasteiger partial charge on any atom is 0.0785 e. The maximum absolute atomic E-state index is 2.51. The van der Waals surface area contributed by atoms with Crippen molar-refractivity contribution in [3.8, 4) is 16.8 Å². The molecule has 1 aliphatic heterocycles. The van der Waals surface area contributed by atoms with Gasteiger partial charge in [0.15, 0.2) is 0 Å². The van der Waals surface area contributed by atoms with Crippen LogP contribution in [0.4, 0.5) is 34.1 Å². The minimum absolute atomic E-state index is 0.119. The zero-order valence-electron chi connectivity index (χ0n) is 26.9. The number of rotatable bonds is 3. The highest BCUT2D eigenvalue weighted by molar-refractivity contribution is 6.11. The van der Waals surface area contributed by atoms with Crippen molar-refractivity contribution in [3.05, 3.63) is 175 Å². The van der Waals surface area contributed by atoms with Crippen molar-refractivity contribution in [3.63, 3.8) is 0 Å². The zero-order valence-corrected chi connectivity index (χ0v) is 26.9. The Morgan fingerprint density at radius 3 is 1.67 bits per heavy atom. The summed E-state index contributed by atoms with van der Waals surface area (Å²) in [6.45, 7) is 4.73. The first-order valence-corrected chi connectivity index (χ1v) is 16.7. The number of aromatic nitrogens is 1. The summed E-state index contributed by atoms with van der Waals surface area (Å²) in [5.74, 6) is 0. The molecule has 228 valence electrons. The van der Waals surface area contributed by atoms with Crippen molar-refractivity contribution < 1.29 is 0 Å². The van der Waals surface area contributed by atoms with Crippen LogP contribution in [0.3, 0.4) is 0 Å². The summed E-state index contributed by atoms with van der Waals surface area (Å²) >= 11 is 0. The van der Waals surface area contributed by atoms with Crippen molar-refractivity contribution in [2.24, 2.45) is 0 Å². The molecule has 3 nitrogen and oxygen atoms in total. The second-order valence-electron chi connectivity index (χ2n) is 13.4. The first kappa shape index (κ1) is 27.1. The van der Waals surface area contributed by atoms with Gasteiger partial charge in [0.05, 0.1) is 33.8 Å². The van der Waals surface area contributed by atoms with Crippen molar-refractivity contribution in [1.29, 1.82) is 0 Å². The SMILES string of the molecule is CC1(C)c2ccccc2-c2c1ccc1c2N(c2ccccc2)c2cc(-n3c4ccccc4c4ccccc43)ccc2N1c1ccccc1. The summed E-state index contributed by atoms with van der Waals surface area (Å²) in [6.07, 6.45) is 0. The fourth-order valence-corrected chi connectivity index (χ4v) is 8.34. The van der Waals surface area contributed by atoms with Gasteiger partial charge in [0, 0.05) is 38.8 Å². The third-order valence-corrected chi connectivity index (χ3v) is 10.5. The summed E-state index contributed by atoms with van der Waals surface area (Å²) in [5.41, 5.74) is 15.7. The summed E-state index contributed by atoms with van der Waals surface area (Å²) in [6, 6.07) is 59.9. The molecule has 0 bridgehead atoms. The Morgan fingerprint density at radius 2 is 0.979 bits per heavy atom. The van der Waals surface area contributed by atoms with E-state index in [1.807, 2.05) is 0 Å². The molecule has 0 saturated carbocycles. The van der Waals surface area contributed by atoms with E-state index < -0.39 is 0 Å². The quantitative estimate of drug-likeness (QED) is 0.196. The van der Waals surface area contributed by atoms with Crippen molar-refractivity contribution in [1.82, 2.24) is 4.57 Å². The van der Waals surface area contributed by atoms with Gasteiger partial charge in [-0.2, -0.15) is 0 Å². The molecule has 10 rings (SSSR count). The standard InChI is InChI=1S/C45H33N3/c1-45(2)36-22-12-9-21-35(36)43-37(45)26-28-41-44(43)48(31-17-7-4-8-18-31)42-29-32(25-27-40(42)46(41)30-15-5-3-6-16-30)47-38-23-13-10-19-33(38)34-20-11-14-24-39(34)47/h3-29H,1-2H3. The Hall–Kier alpha value is -6.06. The number of hydrogen-bond donors (Lipinski definition) is 0. The summed E-state index contributed by atoms with van der Waals surface area (Å²) < 4.78 is 2.42. The Bertz CT molecular complexity index is 2490. The molecule has 2 heterocycles. The summed E-state index contributed by atoms with van der Waals surface area (Å²) in [5, 5.41) is 2.53. The summed E-state index contributed by atoms with van der Waals surface area (Å²) in [4.78, 5) is 4.96. The molecule has 0 N–H and O–H groups in total. The summed E-state index contributed by atoms with van der Waals surface area (Å²) in [7, 11) is 0. The molecule has 0 fully saturated rings. The average Bonchev–Trinajstić information content (AvgIpc) is 3.60. The van der Waals surface area contributed by atoms with Crippen LogP contribution >= 0.6 is 0 Å². The van der Waals surface area contributed by atoms with Crippen molar-refractivity contribution >= 4 is 55.9 Å². The molecule has 3 heteroatoms. The Labute approximate surface area is 280 Å². The highest BCUT2D eigenvalue weighted by atomic mass is 15.3. The molecule has 0 spiro atoms. The van der Waals surface area contributed by atoms with E-state index >= 15 is 0 Å². The lowest BCUT2D eigenvalue weighted by atomic mass is 9.82. The Balaban J connectivity index is 1.33. The Morgan fingerprint density at radius 1 is 0.417 bits per heavy atom. The first-order chi connectivity index (χ1) is 23.6. The van der Waals surface area contributed by atoms with Crippen LogP contribution in [0.5, 0.6) is 0 Å². The maximum atomic E-state index is 2.51. The van der Waals surface area contributed by atoms with Crippen LogP contribution in [0, 0.1) is 0 Å². The molecule has 2 aliphatic rings. The predicted molar refractivity (Wildman–Crippen MR) is 201 cm³/mol. The smallest absolute Gasteiger partial charge is 0.0785 e. The molecule has 1 aliphatic carbocycles. The molecule has 0 saturated heterocycles. The number of fused-ring (bicyclic) bond motifs is 9. The second kappa shape index (κ2) is 9.97. The molecule has 48 heavy (non-hydrogen) atoms. The minimum atomic E-state index is -0.119. The van der Waals surface area contributed by atoms with Crippen LogP contribution < -0.4 is 9.80 Å². The molecular formula is C45H33N3. The van der Waals surface area contributed by atoms with Gasteiger partial charge in [0.2, 0.25) is 0 Å². The molecule has 8 aromatic rings. The van der Waals surface area contributed by atoms with E-state index in [1.54, 1.807) is 0 Å². The molecule has 0 amide bonds. The van der Waals surface area contributed by atoms with E-state index in [0.29, 0.717) is 0 Å². The van der Waals surface area contributed by atoms with Crippen molar-refractivity contribution in [2.45, 2.75) is 19.3 Å². The van der Waals surface area contributed by atoms with Crippen LogP contribution in [-0.2, 0) is 5.41 Å². The lowest BCUT2D eigenvalue weighted by Crippen LogP contribution is -2.25. The number of benzene rings is 7. The van der Waals surface area contributed by atoms with Gasteiger partial charge in [-0.1, -0.05) is 117 Å². The normalized spacial score (nSPS) is 14.1. The minimum Gasteiger partial charge on any atom is -0.309 e. The van der Waals surface area contributed by atoms with Gasteiger partial charge in [-0.3, -0.25) is 0 Å². The van der Waals surface area contributed by atoms with Crippen LogP contribution in [0.2, 0.25) is 0 Å². The highest BCUT2D eigenvalue weighted by Gasteiger charge is 2.42. The van der Waals surface area contributed by atoms with Crippen LogP contribution in [0.1, 0.15) is 25.0 Å². The van der Waals surface area contributed by atoms with Gasteiger partial charge < -0.3 is 14.4 Å². The third-order valence-electron chi connectivity index (χ3n) is 10.5. The molecule has 0 radical (unpaired) electrons. The fourth-order valence-electron chi connectivity index (χ4n) is 8.34. The lowest BCUT2D eigenvalue weighted by Gasteiger charge is -2.42. The molecule has 1 aromatic heterocycles. The van der Waals surface area contributed by atoms with Crippen molar-refractivity contribution in [2.75, 3.05) is 9.80 Å². The zero-order chi connectivity index (χ0) is 32.0. The van der Waals surface area contributed by atoms with E-state index in [2.05, 4.69) is 192 Å². The molecule has 0 unspecified atom stereocenters. The van der Waals surface area contributed by atoms with Gasteiger partial charge in [0.25, 0.3) is 0 Å². The van der Waals surface area contributed by atoms with Gasteiger partial charge in [-0.15, -0.1) is 0 Å². The van der Waals surface area contributed by atoms with Crippen LogP contribution in [-0.4, -0.2) is 4.57 Å². The van der Waals surface area contributed by atoms with E-state index in [4.69, 9.17) is 0 Å². The number of anilines is 6. The van der Waals surface area contributed by atoms with E-state index in [-0.39, 0.29) is 5.41 Å². The predicted octanol–water partition coefficient (Wildman–Crippen LogP) is 12.3. The molecule has 7 aromatic carbocycles. The van der Waals surface area contributed by atoms with Gasteiger partial charge in [-0.25, -0.2) is 0 Å². The van der Waals surface area contributed by atoms with E-state index in [0.717, 1.165) is 28.4 Å². The number of para-hydroxylation sites is 4. The van der Waals surface area contributed by atoms with E-state index in [9.17, 15) is 0 Å². The fraction of sp³-hybridized carbons (Fsp3) is 0.0667. The average molecular weight is 616 g/mol.